The molecule has 32 heavy (non-hydrogen) atoms. The molecule has 0 fully saturated rings. The van der Waals surface area contributed by atoms with E-state index in [2.05, 4.69) is 48.5 Å². The Balaban J connectivity index is 1.76. The number of anilines is 1. The molecule has 0 saturated heterocycles. The van der Waals surface area contributed by atoms with Gasteiger partial charge in [-0.2, -0.15) is 0 Å². The maximum atomic E-state index is 12.9. The zero-order chi connectivity index (χ0) is 23.9. The summed E-state index contributed by atoms with van der Waals surface area (Å²) in [6.07, 6.45) is 12.7. The molecule has 2 rings (SSSR count). The monoisotopic (exact) mass is 442 g/mol. The molecule has 0 bridgehead atoms. The lowest BCUT2D eigenvalue weighted by atomic mass is 9.69. The summed E-state index contributed by atoms with van der Waals surface area (Å²) in [6, 6.07) is 7.48. The molecule has 1 aromatic rings. The van der Waals surface area contributed by atoms with Gasteiger partial charge in [-0.1, -0.05) is 104 Å². The smallest absolute Gasteiger partial charge is 0.249 e. The maximum Gasteiger partial charge on any atom is 0.249 e. The van der Waals surface area contributed by atoms with Crippen molar-refractivity contribution in [3.8, 4) is 0 Å². The summed E-state index contributed by atoms with van der Waals surface area (Å²) >= 11 is 0. The van der Waals surface area contributed by atoms with Crippen molar-refractivity contribution in [1.82, 2.24) is 0 Å². The summed E-state index contributed by atoms with van der Waals surface area (Å²) in [5, 5.41) is 0. The van der Waals surface area contributed by atoms with Crippen LogP contribution in [0.2, 0.25) is 0 Å². The molecule has 1 aromatic carbocycles. The van der Waals surface area contributed by atoms with E-state index in [1.54, 1.807) is 0 Å². The van der Waals surface area contributed by atoms with Gasteiger partial charge in [0.25, 0.3) is 0 Å². The van der Waals surface area contributed by atoms with Gasteiger partial charge in [-0.3, -0.25) is 4.79 Å². The second-order valence-corrected chi connectivity index (χ2v) is 11.7. The van der Waals surface area contributed by atoms with Gasteiger partial charge < -0.3 is 10.6 Å². The number of nitrogens with zero attached hydrogens (tertiary/aromatic N) is 1. The number of hydrogen-bond donors (Lipinski definition) is 1. The number of fused-ring (bicyclic) bond motifs is 1. The van der Waals surface area contributed by atoms with Gasteiger partial charge in [0, 0.05) is 16.8 Å². The Kier molecular flexibility index (Phi) is 9.82. The zero-order valence-electron chi connectivity index (χ0n) is 22.0. The number of nitrogens with two attached hydrogens (primary N) is 1. The highest BCUT2D eigenvalue weighted by atomic mass is 16.2. The number of benzene rings is 1. The Morgan fingerprint density at radius 2 is 1.56 bits per heavy atom. The third kappa shape index (κ3) is 6.59. The van der Waals surface area contributed by atoms with Crippen LogP contribution < -0.4 is 10.6 Å². The number of rotatable bonds is 14. The number of para-hydroxylation sites is 1. The van der Waals surface area contributed by atoms with E-state index < -0.39 is 6.04 Å². The van der Waals surface area contributed by atoms with Gasteiger partial charge in [0.2, 0.25) is 5.91 Å². The first kappa shape index (κ1) is 26.9. The van der Waals surface area contributed by atoms with Gasteiger partial charge in [-0.05, 0) is 50.0 Å². The Morgan fingerprint density at radius 1 is 0.938 bits per heavy atom. The van der Waals surface area contributed by atoms with Crippen LogP contribution in [0.4, 0.5) is 5.69 Å². The van der Waals surface area contributed by atoms with Crippen LogP contribution in [0.3, 0.4) is 0 Å². The van der Waals surface area contributed by atoms with Crippen molar-refractivity contribution in [2.24, 2.45) is 23.0 Å². The van der Waals surface area contributed by atoms with Crippen molar-refractivity contribution in [2.75, 3.05) is 4.90 Å². The van der Waals surface area contributed by atoms with Crippen LogP contribution in [0.5, 0.6) is 0 Å². The zero-order valence-corrected chi connectivity index (χ0v) is 22.0. The van der Waals surface area contributed by atoms with Crippen LogP contribution in [0.15, 0.2) is 24.3 Å². The Bertz CT molecular complexity index is 724. The molecule has 3 heteroatoms. The van der Waals surface area contributed by atoms with Crippen LogP contribution in [0.25, 0.3) is 0 Å². The number of carbonyl (C=O) groups excluding carboxylic acids is 1. The van der Waals surface area contributed by atoms with Crippen LogP contribution in [-0.4, -0.2) is 11.4 Å². The maximum absolute atomic E-state index is 12.9. The van der Waals surface area contributed by atoms with Crippen molar-refractivity contribution < 1.29 is 4.79 Å². The van der Waals surface area contributed by atoms with Gasteiger partial charge in [0.05, 0.1) is 0 Å². The molecule has 2 N–H and O–H groups in total. The molecule has 0 spiro atoms. The minimum atomic E-state index is -0.515. The van der Waals surface area contributed by atoms with Crippen LogP contribution in [0.1, 0.15) is 124 Å². The molecular formula is C29H50N2O. The normalized spacial score (nSPS) is 18.7. The molecule has 0 radical (unpaired) electrons. The van der Waals surface area contributed by atoms with E-state index >= 15 is 0 Å². The lowest BCUT2D eigenvalue weighted by Crippen LogP contribution is -2.47. The molecule has 182 valence electrons. The highest BCUT2D eigenvalue weighted by Crippen LogP contribution is 2.41. The van der Waals surface area contributed by atoms with Gasteiger partial charge in [0.15, 0.2) is 0 Å². The molecule has 0 aliphatic carbocycles. The summed E-state index contributed by atoms with van der Waals surface area (Å²) in [7, 11) is 0. The van der Waals surface area contributed by atoms with E-state index in [0.29, 0.717) is 5.41 Å². The van der Waals surface area contributed by atoms with E-state index in [4.69, 9.17) is 5.73 Å². The highest BCUT2D eigenvalue weighted by molar-refractivity contribution is 6.05. The Labute approximate surface area is 198 Å². The van der Waals surface area contributed by atoms with E-state index in [1.165, 1.54) is 51.4 Å². The van der Waals surface area contributed by atoms with Crippen molar-refractivity contribution in [2.45, 2.75) is 124 Å². The number of hydrogen-bond acceptors (Lipinski definition) is 2. The second kappa shape index (κ2) is 11.7. The molecule has 3 atom stereocenters. The third-order valence-electron chi connectivity index (χ3n) is 8.31. The van der Waals surface area contributed by atoms with Crippen molar-refractivity contribution in [3.63, 3.8) is 0 Å². The number of amides is 1. The standard InChI is InChI=1S/C29H50N2O/c1-8-9-12-17-22(2)23(3)28(4,5)20-15-10-11-16-21-29(6,7)31-25-19-14-13-18-24(25)26(30)27(31)32/h13-14,18-19,22-23,26H,8-12,15-17,20-21,30H2,1-7H3. The largest absolute Gasteiger partial charge is 0.316 e. The molecule has 0 aromatic heterocycles. The fourth-order valence-corrected chi connectivity index (χ4v) is 5.54. The van der Waals surface area contributed by atoms with Crippen LogP contribution >= 0.6 is 0 Å². The lowest BCUT2D eigenvalue weighted by molar-refractivity contribution is -0.120. The first-order valence-corrected chi connectivity index (χ1v) is 13.2. The number of carbonyl (C=O) groups is 1. The average Bonchev–Trinajstić information content (AvgIpc) is 3.01. The Hall–Kier alpha value is -1.35. The van der Waals surface area contributed by atoms with Crippen LogP contribution in [0, 0.1) is 17.3 Å². The van der Waals surface area contributed by atoms with E-state index in [-0.39, 0.29) is 11.4 Å². The van der Waals surface area contributed by atoms with Gasteiger partial charge in [0.1, 0.15) is 6.04 Å². The average molecular weight is 443 g/mol. The Morgan fingerprint density at radius 3 is 2.22 bits per heavy atom. The predicted molar refractivity (Wildman–Crippen MR) is 139 cm³/mol. The third-order valence-corrected chi connectivity index (χ3v) is 8.31. The van der Waals surface area contributed by atoms with Crippen molar-refractivity contribution >= 4 is 11.6 Å². The van der Waals surface area contributed by atoms with Crippen molar-refractivity contribution in [3.05, 3.63) is 29.8 Å². The fraction of sp³-hybridized carbons (Fsp3) is 0.759. The molecule has 1 amide bonds. The molecule has 1 aliphatic rings. The summed E-state index contributed by atoms with van der Waals surface area (Å²) in [5.74, 6) is 1.62. The summed E-state index contributed by atoms with van der Waals surface area (Å²) in [5.41, 5.74) is 8.37. The quantitative estimate of drug-likeness (QED) is 0.296. The lowest BCUT2D eigenvalue weighted by Gasteiger charge is -2.37. The SMILES string of the molecule is CCCCCC(C)C(C)C(C)(C)CCCCCCC(C)(C)N1C(=O)C(N)c2ccccc21. The molecule has 1 heterocycles. The first-order chi connectivity index (χ1) is 15.0. The number of unbranched alkanes of at least 4 members (excludes halogenated alkanes) is 5. The van der Waals surface area contributed by atoms with E-state index in [1.807, 2.05) is 29.2 Å². The van der Waals surface area contributed by atoms with Crippen molar-refractivity contribution in [1.29, 1.82) is 0 Å². The van der Waals surface area contributed by atoms with E-state index in [9.17, 15) is 4.79 Å². The second-order valence-electron chi connectivity index (χ2n) is 11.7. The molecule has 1 aliphatic heterocycles. The first-order valence-electron chi connectivity index (χ1n) is 13.2. The van der Waals surface area contributed by atoms with Crippen LogP contribution in [-0.2, 0) is 4.79 Å². The van der Waals surface area contributed by atoms with Gasteiger partial charge >= 0.3 is 0 Å². The minimum Gasteiger partial charge on any atom is -0.316 e. The molecule has 0 saturated carbocycles. The summed E-state index contributed by atoms with van der Waals surface area (Å²) in [6.45, 7) is 16.5. The van der Waals surface area contributed by atoms with Gasteiger partial charge in [-0.15, -0.1) is 0 Å². The topological polar surface area (TPSA) is 46.3 Å². The van der Waals surface area contributed by atoms with E-state index in [0.717, 1.165) is 35.9 Å². The molecule has 3 nitrogen and oxygen atoms in total. The molecule has 3 unspecified atom stereocenters. The fourth-order valence-electron chi connectivity index (χ4n) is 5.54. The minimum absolute atomic E-state index is 0.0417. The summed E-state index contributed by atoms with van der Waals surface area (Å²) in [4.78, 5) is 14.8. The predicted octanol–water partition coefficient (Wildman–Crippen LogP) is 8.03. The molecular weight excluding hydrogens is 392 g/mol. The van der Waals surface area contributed by atoms with Gasteiger partial charge in [-0.25, -0.2) is 0 Å². The highest BCUT2D eigenvalue weighted by Gasteiger charge is 2.42. The summed E-state index contributed by atoms with van der Waals surface area (Å²) < 4.78 is 0.